The number of hydrogen-bond acceptors (Lipinski definition) is 4. The standard InChI is InChI=1S/C28H22Cl2F3NO5/c1-3-24(27(36)37)38-19-9-11-22(30)17(12-19)14-34-15(2)25(26(35)16-4-6-18(29)7-5-16)21-10-8-20(13-23(21)34)39-28(31,32)33/h4-13,24H,3,14H2,1-2H3,(H,36,37). The number of carboxylic acids is 1. The Morgan fingerprint density at radius 2 is 1.67 bits per heavy atom. The summed E-state index contributed by atoms with van der Waals surface area (Å²) in [5.41, 5.74) is 1.94. The van der Waals surface area contributed by atoms with E-state index < -0.39 is 24.2 Å². The summed E-state index contributed by atoms with van der Waals surface area (Å²) in [5, 5.41) is 10.5. The molecule has 204 valence electrons. The molecule has 0 saturated carbocycles. The van der Waals surface area contributed by atoms with Crippen molar-refractivity contribution in [3.63, 3.8) is 0 Å². The minimum atomic E-state index is -4.91. The molecule has 39 heavy (non-hydrogen) atoms. The summed E-state index contributed by atoms with van der Waals surface area (Å²) in [4.78, 5) is 25.0. The molecule has 0 aliphatic carbocycles. The number of nitrogens with zero attached hydrogens (tertiary/aromatic N) is 1. The number of halogens is 5. The van der Waals surface area contributed by atoms with Gasteiger partial charge in [0.25, 0.3) is 0 Å². The SMILES string of the molecule is CCC(Oc1ccc(Cl)c(Cn2c(C)c(C(=O)c3ccc(Cl)cc3)c3ccc(OC(F)(F)F)cc32)c1)C(=O)O. The summed E-state index contributed by atoms with van der Waals surface area (Å²) in [6, 6.07) is 14.7. The first-order valence-electron chi connectivity index (χ1n) is 11.7. The van der Waals surface area contributed by atoms with Crippen LogP contribution in [0, 0.1) is 6.92 Å². The van der Waals surface area contributed by atoms with Crippen LogP contribution in [0.25, 0.3) is 10.9 Å². The molecule has 1 N–H and O–H groups in total. The number of ether oxygens (including phenoxy) is 2. The number of aromatic nitrogens is 1. The van der Waals surface area contributed by atoms with Crippen LogP contribution in [0.1, 0.15) is 40.5 Å². The second-order valence-corrected chi connectivity index (χ2v) is 9.56. The molecule has 0 amide bonds. The van der Waals surface area contributed by atoms with E-state index in [2.05, 4.69) is 4.74 Å². The average molecular weight is 580 g/mol. The van der Waals surface area contributed by atoms with Crippen molar-refractivity contribution in [3.05, 3.63) is 93.1 Å². The van der Waals surface area contributed by atoms with Gasteiger partial charge in [0.2, 0.25) is 0 Å². The number of rotatable bonds is 9. The summed E-state index contributed by atoms with van der Waals surface area (Å²) >= 11 is 12.4. The van der Waals surface area contributed by atoms with E-state index in [4.69, 9.17) is 27.9 Å². The van der Waals surface area contributed by atoms with Crippen molar-refractivity contribution in [1.82, 2.24) is 4.57 Å². The Morgan fingerprint density at radius 3 is 2.28 bits per heavy atom. The fraction of sp³-hybridized carbons (Fsp3) is 0.214. The van der Waals surface area contributed by atoms with Gasteiger partial charge in [-0.1, -0.05) is 30.1 Å². The lowest BCUT2D eigenvalue weighted by Crippen LogP contribution is -2.25. The van der Waals surface area contributed by atoms with Crippen LogP contribution >= 0.6 is 23.2 Å². The van der Waals surface area contributed by atoms with Gasteiger partial charge in [-0.15, -0.1) is 13.2 Å². The lowest BCUT2D eigenvalue weighted by Gasteiger charge is -2.16. The van der Waals surface area contributed by atoms with Crippen LogP contribution in [0.3, 0.4) is 0 Å². The molecular weight excluding hydrogens is 558 g/mol. The molecule has 0 aliphatic rings. The number of hydrogen-bond donors (Lipinski definition) is 1. The maximum absolute atomic E-state index is 13.5. The second kappa shape index (κ2) is 11.2. The van der Waals surface area contributed by atoms with Crippen molar-refractivity contribution < 1.29 is 37.3 Å². The first-order chi connectivity index (χ1) is 18.4. The Hall–Kier alpha value is -3.69. The van der Waals surface area contributed by atoms with E-state index in [1.807, 2.05) is 0 Å². The summed E-state index contributed by atoms with van der Waals surface area (Å²) in [7, 11) is 0. The van der Waals surface area contributed by atoms with Gasteiger partial charge in [0.15, 0.2) is 11.9 Å². The zero-order chi connectivity index (χ0) is 28.5. The smallest absolute Gasteiger partial charge is 0.479 e. The molecular formula is C28H22Cl2F3NO5. The molecule has 4 aromatic rings. The lowest BCUT2D eigenvalue weighted by molar-refractivity contribution is -0.274. The first-order valence-corrected chi connectivity index (χ1v) is 12.5. The zero-order valence-electron chi connectivity index (χ0n) is 20.7. The Bertz CT molecular complexity index is 1550. The number of benzene rings is 3. The van der Waals surface area contributed by atoms with Crippen LogP contribution in [-0.2, 0) is 11.3 Å². The Kier molecular flexibility index (Phi) is 8.13. The molecule has 1 heterocycles. The van der Waals surface area contributed by atoms with Crippen LogP contribution in [0.4, 0.5) is 13.2 Å². The fourth-order valence-corrected chi connectivity index (χ4v) is 4.58. The number of carbonyl (C=O) groups excluding carboxylic acids is 1. The molecule has 1 unspecified atom stereocenters. The minimum Gasteiger partial charge on any atom is -0.479 e. The van der Waals surface area contributed by atoms with E-state index in [9.17, 15) is 27.9 Å². The highest BCUT2D eigenvalue weighted by atomic mass is 35.5. The number of ketones is 1. The van der Waals surface area contributed by atoms with Gasteiger partial charge >= 0.3 is 12.3 Å². The van der Waals surface area contributed by atoms with Crippen molar-refractivity contribution in [2.24, 2.45) is 0 Å². The van der Waals surface area contributed by atoms with Crippen LogP contribution in [0.15, 0.2) is 60.7 Å². The van der Waals surface area contributed by atoms with Crippen LogP contribution < -0.4 is 9.47 Å². The van der Waals surface area contributed by atoms with Gasteiger partial charge in [0, 0.05) is 39.3 Å². The van der Waals surface area contributed by atoms with Crippen molar-refractivity contribution in [2.45, 2.75) is 39.3 Å². The van der Waals surface area contributed by atoms with Gasteiger partial charge in [0.05, 0.1) is 11.1 Å². The molecule has 0 fully saturated rings. The minimum absolute atomic E-state index is 0.0472. The third kappa shape index (κ3) is 6.32. The highest BCUT2D eigenvalue weighted by molar-refractivity contribution is 6.31. The van der Waals surface area contributed by atoms with Gasteiger partial charge in [-0.05, 0) is 73.5 Å². The van der Waals surface area contributed by atoms with Crippen LogP contribution in [0.5, 0.6) is 11.5 Å². The number of carbonyl (C=O) groups is 2. The number of fused-ring (bicyclic) bond motifs is 1. The molecule has 1 aromatic heterocycles. The van der Waals surface area contributed by atoms with Gasteiger partial charge in [-0.2, -0.15) is 0 Å². The van der Waals surface area contributed by atoms with Gasteiger partial charge in [-0.3, -0.25) is 4.79 Å². The summed E-state index contributed by atoms with van der Waals surface area (Å²) in [6.07, 6.45) is -5.75. The number of aliphatic carboxylic acids is 1. The summed E-state index contributed by atoms with van der Waals surface area (Å²) in [6.45, 7) is 3.40. The van der Waals surface area contributed by atoms with E-state index in [1.165, 1.54) is 18.2 Å². The van der Waals surface area contributed by atoms with Gasteiger partial charge in [-0.25, -0.2) is 4.79 Å². The monoisotopic (exact) mass is 579 g/mol. The topological polar surface area (TPSA) is 77.8 Å². The first kappa shape index (κ1) is 28.3. The molecule has 0 spiro atoms. The number of carboxylic acid groups (broad SMARTS) is 1. The summed E-state index contributed by atoms with van der Waals surface area (Å²) < 4.78 is 50.3. The highest BCUT2D eigenvalue weighted by Gasteiger charge is 2.32. The van der Waals surface area contributed by atoms with E-state index in [-0.39, 0.29) is 24.5 Å². The molecule has 1 atom stereocenters. The molecule has 0 aliphatic heterocycles. The maximum Gasteiger partial charge on any atom is 0.573 e. The predicted molar refractivity (Wildman–Crippen MR) is 141 cm³/mol. The summed E-state index contributed by atoms with van der Waals surface area (Å²) in [5.74, 6) is -1.65. The van der Waals surface area contributed by atoms with Gasteiger partial charge in [0.1, 0.15) is 11.5 Å². The highest BCUT2D eigenvalue weighted by Crippen LogP contribution is 2.35. The average Bonchev–Trinajstić information content (AvgIpc) is 3.13. The Balaban J connectivity index is 1.84. The Labute approximate surface area is 231 Å². The predicted octanol–water partition coefficient (Wildman–Crippen LogP) is 7.68. The van der Waals surface area contributed by atoms with Crippen LogP contribution in [0.2, 0.25) is 10.0 Å². The van der Waals surface area contributed by atoms with Gasteiger partial charge < -0.3 is 19.1 Å². The fourth-order valence-electron chi connectivity index (χ4n) is 4.28. The normalized spacial score (nSPS) is 12.4. The zero-order valence-corrected chi connectivity index (χ0v) is 22.2. The largest absolute Gasteiger partial charge is 0.573 e. The molecule has 11 heteroatoms. The quantitative estimate of drug-likeness (QED) is 0.206. The van der Waals surface area contributed by atoms with Crippen molar-refractivity contribution >= 4 is 45.9 Å². The van der Waals surface area contributed by atoms with Crippen molar-refractivity contribution in [2.75, 3.05) is 0 Å². The third-order valence-electron chi connectivity index (χ3n) is 6.13. The van der Waals surface area contributed by atoms with E-state index in [0.717, 1.165) is 6.07 Å². The van der Waals surface area contributed by atoms with Crippen LogP contribution in [-0.4, -0.2) is 33.9 Å². The maximum atomic E-state index is 13.5. The van der Waals surface area contributed by atoms with E-state index >= 15 is 0 Å². The molecule has 6 nitrogen and oxygen atoms in total. The van der Waals surface area contributed by atoms with E-state index in [1.54, 1.807) is 54.8 Å². The molecule has 0 radical (unpaired) electrons. The molecule has 4 rings (SSSR count). The molecule has 0 saturated heterocycles. The van der Waals surface area contributed by atoms with E-state index in [0.29, 0.717) is 43.3 Å². The second-order valence-electron chi connectivity index (χ2n) is 8.72. The lowest BCUT2D eigenvalue weighted by atomic mass is 10.0. The molecule has 0 bridgehead atoms. The Morgan fingerprint density at radius 1 is 1.00 bits per heavy atom. The van der Waals surface area contributed by atoms with Crippen molar-refractivity contribution in [3.8, 4) is 11.5 Å². The third-order valence-corrected chi connectivity index (χ3v) is 6.75. The van der Waals surface area contributed by atoms with Crippen molar-refractivity contribution in [1.29, 1.82) is 0 Å². The molecule has 3 aromatic carbocycles. The number of alkyl halides is 3.